The van der Waals surface area contributed by atoms with Crippen molar-refractivity contribution in [3.63, 3.8) is 0 Å². The monoisotopic (exact) mass is 239 g/mol. The number of nitrogens with zero attached hydrogens (tertiary/aromatic N) is 1. The second kappa shape index (κ2) is 6.36. The molecular formula is C13H25N3O. The quantitative estimate of drug-likeness (QED) is 0.718. The number of likely N-dealkylation sites (tertiary alicyclic amines) is 1. The van der Waals surface area contributed by atoms with Gasteiger partial charge in [-0.1, -0.05) is 6.42 Å². The Morgan fingerprint density at radius 3 is 2.82 bits per heavy atom. The standard InChI is InChI=1S/C13H25N3O/c1-14-10-12-4-2-3-8-16(12)9-7-13(17)15-11-5-6-11/h11-12,14H,2-10H2,1H3,(H,15,17). The zero-order valence-corrected chi connectivity index (χ0v) is 10.9. The van der Waals surface area contributed by atoms with Gasteiger partial charge in [-0.25, -0.2) is 0 Å². The first-order chi connectivity index (χ1) is 8.29. The Hall–Kier alpha value is -0.610. The lowest BCUT2D eigenvalue weighted by molar-refractivity contribution is -0.121. The van der Waals surface area contributed by atoms with E-state index in [2.05, 4.69) is 15.5 Å². The van der Waals surface area contributed by atoms with Crippen LogP contribution in [0.3, 0.4) is 0 Å². The van der Waals surface area contributed by atoms with Gasteiger partial charge < -0.3 is 10.6 Å². The van der Waals surface area contributed by atoms with Crippen LogP contribution in [0.1, 0.15) is 38.5 Å². The van der Waals surface area contributed by atoms with Gasteiger partial charge in [-0.15, -0.1) is 0 Å². The normalized spacial score (nSPS) is 25.8. The average molecular weight is 239 g/mol. The van der Waals surface area contributed by atoms with E-state index < -0.39 is 0 Å². The van der Waals surface area contributed by atoms with Crippen molar-refractivity contribution in [2.45, 2.75) is 50.6 Å². The Bertz CT molecular complexity index is 251. The van der Waals surface area contributed by atoms with Crippen LogP contribution in [-0.4, -0.2) is 49.6 Å². The van der Waals surface area contributed by atoms with Crippen molar-refractivity contribution in [2.24, 2.45) is 0 Å². The average Bonchev–Trinajstić information content (AvgIpc) is 3.12. The first-order valence-electron chi connectivity index (χ1n) is 6.97. The van der Waals surface area contributed by atoms with Crippen molar-refractivity contribution in [2.75, 3.05) is 26.7 Å². The number of hydrogen-bond donors (Lipinski definition) is 2. The third-order valence-corrected chi connectivity index (χ3v) is 3.76. The molecule has 1 heterocycles. The van der Waals surface area contributed by atoms with E-state index in [0.29, 0.717) is 18.5 Å². The van der Waals surface area contributed by atoms with Gasteiger partial charge in [0.25, 0.3) is 0 Å². The van der Waals surface area contributed by atoms with Crippen LogP contribution in [0.4, 0.5) is 0 Å². The predicted molar refractivity (Wildman–Crippen MR) is 68.9 cm³/mol. The third kappa shape index (κ3) is 4.28. The van der Waals surface area contributed by atoms with Gasteiger partial charge in [0.1, 0.15) is 0 Å². The van der Waals surface area contributed by atoms with E-state index in [-0.39, 0.29) is 5.91 Å². The van der Waals surface area contributed by atoms with E-state index in [1.54, 1.807) is 0 Å². The molecule has 0 spiro atoms. The van der Waals surface area contributed by atoms with Crippen LogP contribution in [0.2, 0.25) is 0 Å². The maximum Gasteiger partial charge on any atom is 0.221 e. The molecule has 1 aliphatic heterocycles. The predicted octanol–water partition coefficient (Wildman–Crippen LogP) is 0.729. The van der Waals surface area contributed by atoms with E-state index in [4.69, 9.17) is 0 Å². The molecule has 0 aromatic rings. The van der Waals surface area contributed by atoms with E-state index in [1.807, 2.05) is 7.05 Å². The van der Waals surface area contributed by atoms with Crippen LogP contribution in [0.15, 0.2) is 0 Å². The maximum atomic E-state index is 11.6. The summed E-state index contributed by atoms with van der Waals surface area (Å²) in [4.78, 5) is 14.1. The van der Waals surface area contributed by atoms with Gasteiger partial charge >= 0.3 is 0 Å². The molecule has 4 heteroatoms. The highest BCUT2D eigenvalue weighted by atomic mass is 16.1. The van der Waals surface area contributed by atoms with Gasteiger partial charge in [0, 0.05) is 31.6 Å². The molecule has 1 aliphatic carbocycles. The zero-order valence-electron chi connectivity index (χ0n) is 10.9. The number of piperidine rings is 1. The van der Waals surface area contributed by atoms with E-state index in [1.165, 1.54) is 32.1 Å². The van der Waals surface area contributed by atoms with Crippen molar-refractivity contribution in [3.05, 3.63) is 0 Å². The smallest absolute Gasteiger partial charge is 0.221 e. The van der Waals surface area contributed by atoms with Gasteiger partial charge in [-0.05, 0) is 39.3 Å². The number of carbonyl (C=O) groups is 1. The van der Waals surface area contributed by atoms with Crippen LogP contribution in [0, 0.1) is 0 Å². The first kappa shape index (κ1) is 12.8. The molecule has 1 atom stereocenters. The molecule has 2 rings (SSSR count). The fourth-order valence-electron chi connectivity index (χ4n) is 2.59. The molecule has 4 nitrogen and oxygen atoms in total. The van der Waals surface area contributed by atoms with Gasteiger partial charge in [0.15, 0.2) is 0 Å². The summed E-state index contributed by atoms with van der Waals surface area (Å²) in [6.45, 7) is 3.12. The largest absolute Gasteiger partial charge is 0.353 e. The van der Waals surface area contributed by atoms with Gasteiger partial charge in [-0.3, -0.25) is 9.69 Å². The Labute approximate surface area is 104 Å². The van der Waals surface area contributed by atoms with Crippen molar-refractivity contribution in [3.8, 4) is 0 Å². The molecule has 2 N–H and O–H groups in total. The lowest BCUT2D eigenvalue weighted by atomic mass is 10.0. The molecule has 1 saturated carbocycles. The van der Waals surface area contributed by atoms with Crippen LogP contribution in [0.25, 0.3) is 0 Å². The van der Waals surface area contributed by atoms with Crippen molar-refractivity contribution < 1.29 is 4.79 Å². The number of carbonyl (C=O) groups excluding carboxylic acids is 1. The molecule has 1 saturated heterocycles. The van der Waals surface area contributed by atoms with Crippen LogP contribution in [-0.2, 0) is 4.79 Å². The fourth-order valence-corrected chi connectivity index (χ4v) is 2.59. The molecule has 1 amide bonds. The minimum Gasteiger partial charge on any atom is -0.353 e. The Balaban J connectivity index is 1.69. The van der Waals surface area contributed by atoms with Crippen molar-refractivity contribution in [1.82, 2.24) is 15.5 Å². The highest BCUT2D eigenvalue weighted by molar-refractivity contribution is 5.76. The molecule has 98 valence electrons. The summed E-state index contributed by atoms with van der Waals surface area (Å²) < 4.78 is 0. The lowest BCUT2D eigenvalue weighted by Crippen LogP contribution is -2.46. The van der Waals surface area contributed by atoms with Crippen LogP contribution < -0.4 is 10.6 Å². The highest BCUT2D eigenvalue weighted by Gasteiger charge is 2.25. The van der Waals surface area contributed by atoms with Gasteiger partial charge in [0.2, 0.25) is 5.91 Å². The molecule has 0 aromatic heterocycles. The summed E-state index contributed by atoms with van der Waals surface area (Å²) in [7, 11) is 2.01. The molecule has 17 heavy (non-hydrogen) atoms. The summed E-state index contributed by atoms with van der Waals surface area (Å²) in [5.74, 6) is 0.237. The van der Waals surface area contributed by atoms with Crippen molar-refractivity contribution in [1.29, 1.82) is 0 Å². The summed E-state index contributed by atoms with van der Waals surface area (Å²) in [5, 5.41) is 6.31. The minimum absolute atomic E-state index is 0.237. The summed E-state index contributed by atoms with van der Waals surface area (Å²) >= 11 is 0. The van der Waals surface area contributed by atoms with Crippen LogP contribution in [0.5, 0.6) is 0 Å². The van der Waals surface area contributed by atoms with Gasteiger partial charge in [-0.2, -0.15) is 0 Å². The molecule has 0 aromatic carbocycles. The summed E-state index contributed by atoms with van der Waals surface area (Å²) in [6, 6.07) is 1.12. The second-order valence-corrected chi connectivity index (χ2v) is 5.34. The summed E-state index contributed by atoms with van der Waals surface area (Å²) in [6.07, 6.45) is 6.90. The SMILES string of the molecule is CNCC1CCCCN1CCC(=O)NC1CC1. The first-order valence-corrected chi connectivity index (χ1v) is 6.97. The fraction of sp³-hybridized carbons (Fsp3) is 0.923. The van der Waals surface area contributed by atoms with E-state index in [9.17, 15) is 4.79 Å². The maximum absolute atomic E-state index is 11.6. The molecule has 0 radical (unpaired) electrons. The van der Waals surface area contributed by atoms with Gasteiger partial charge in [0.05, 0.1) is 0 Å². The third-order valence-electron chi connectivity index (χ3n) is 3.76. The Morgan fingerprint density at radius 2 is 2.12 bits per heavy atom. The van der Waals surface area contributed by atoms with Crippen LogP contribution >= 0.6 is 0 Å². The topological polar surface area (TPSA) is 44.4 Å². The number of nitrogens with one attached hydrogen (secondary N) is 2. The number of hydrogen-bond acceptors (Lipinski definition) is 3. The molecular weight excluding hydrogens is 214 g/mol. The highest BCUT2D eigenvalue weighted by Crippen LogP contribution is 2.19. The Morgan fingerprint density at radius 1 is 1.29 bits per heavy atom. The Kier molecular flexibility index (Phi) is 4.80. The molecule has 0 bridgehead atoms. The molecule has 2 fully saturated rings. The number of rotatable bonds is 6. The van der Waals surface area contributed by atoms with E-state index >= 15 is 0 Å². The zero-order chi connectivity index (χ0) is 12.1. The second-order valence-electron chi connectivity index (χ2n) is 5.34. The van der Waals surface area contributed by atoms with E-state index in [0.717, 1.165) is 19.6 Å². The minimum atomic E-state index is 0.237. The molecule has 1 unspecified atom stereocenters. The van der Waals surface area contributed by atoms with Crippen molar-refractivity contribution >= 4 is 5.91 Å². The number of amides is 1. The number of likely N-dealkylation sites (N-methyl/N-ethyl adjacent to an activating group) is 1. The summed E-state index contributed by atoms with van der Waals surface area (Å²) in [5.41, 5.74) is 0. The lowest BCUT2D eigenvalue weighted by Gasteiger charge is -2.35. The molecule has 2 aliphatic rings.